The SMILES string of the molecule is COc1ccc2c(c1)Oc1ncncc1NC2. The normalized spacial score (nSPS) is 12.5. The van der Waals surface area contributed by atoms with Crippen LogP contribution in [0, 0.1) is 0 Å². The topological polar surface area (TPSA) is 56.3 Å². The highest BCUT2D eigenvalue weighted by atomic mass is 16.5. The van der Waals surface area contributed by atoms with Gasteiger partial charge in [0.15, 0.2) is 0 Å². The molecule has 0 aliphatic carbocycles. The summed E-state index contributed by atoms with van der Waals surface area (Å²) in [6.45, 7) is 0.680. The van der Waals surface area contributed by atoms with E-state index < -0.39 is 0 Å². The van der Waals surface area contributed by atoms with Gasteiger partial charge in [-0.05, 0) is 12.1 Å². The van der Waals surface area contributed by atoms with Crippen molar-refractivity contribution in [2.75, 3.05) is 12.4 Å². The van der Waals surface area contributed by atoms with Gasteiger partial charge in [-0.3, -0.25) is 0 Å². The minimum absolute atomic E-state index is 0.534. The zero-order valence-electron chi connectivity index (χ0n) is 9.30. The lowest BCUT2D eigenvalue weighted by Crippen LogP contribution is -1.97. The molecule has 2 aromatic rings. The Labute approximate surface area is 98.4 Å². The summed E-state index contributed by atoms with van der Waals surface area (Å²) in [6.07, 6.45) is 3.16. The number of hydrogen-bond donors (Lipinski definition) is 1. The van der Waals surface area contributed by atoms with Gasteiger partial charge in [0.1, 0.15) is 23.5 Å². The third-order valence-corrected chi connectivity index (χ3v) is 2.63. The highest BCUT2D eigenvalue weighted by Gasteiger charge is 2.15. The van der Waals surface area contributed by atoms with E-state index in [4.69, 9.17) is 9.47 Å². The van der Waals surface area contributed by atoms with Crippen molar-refractivity contribution in [1.29, 1.82) is 0 Å². The highest BCUT2D eigenvalue weighted by molar-refractivity contribution is 5.56. The molecule has 1 aromatic carbocycles. The van der Waals surface area contributed by atoms with E-state index in [0.717, 1.165) is 22.7 Å². The number of hydrogen-bond acceptors (Lipinski definition) is 5. The number of anilines is 1. The Balaban J connectivity index is 2.05. The second kappa shape index (κ2) is 3.93. The Morgan fingerprint density at radius 2 is 2.35 bits per heavy atom. The van der Waals surface area contributed by atoms with Crippen molar-refractivity contribution < 1.29 is 9.47 Å². The van der Waals surface area contributed by atoms with Crippen LogP contribution in [0.2, 0.25) is 0 Å². The van der Waals surface area contributed by atoms with Crippen LogP contribution in [0.25, 0.3) is 0 Å². The Morgan fingerprint density at radius 3 is 3.24 bits per heavy atom. The van der Waals surface area contributed by atoms with Crippen LogP contribution in [0.5, 0.6) is 17.4 Å². The summed E-state index contributed by atoms with van der Waals surface area (Å²) < 4.78 is 10.9. The molecule has 0 fully saturated rings. The molecule has 1 aliphatic heterocycles. The average Bonchev–Trinajstić information content (AvgIpc) is 2.56. The van der Waals surface area contributed by atoms with Crippen molar-refractivity contribution in [2.24, 2.45) is 0 Å². The molecule has 1 N–H and O–H groups in total. The van der Waals surface area contributed by atoms with E-state index in [1.54, 1.807) is 13.3 Å². The van der Waals surface area contributed by atoms with Gasteiger partial charge in [0, 0.05) is 18.2 Å². The Morgan fingerprint density at radius 1 is 1.41 bits per heavy atom. The first-order chi connectivity index (χ1) is 8.36. The molecule has 0 spiro atoms. The highest BCUT2D eigenvalue weighted by Crippen LogP contribution is 2.35. The number of aromatic nitrogens is 2. The molecular formula is C12H11N3O2. The number of benzene rings is 1. The maximum absolute atomic E-state index is 5.75. The Kier molecular flexibility index (Phi) is 2.29. The maximum Gasteiger partial charge on any atom is 0.246 e. The molecule has 5 nitrogen and oxygen atoms in total. The Bertz CT molecular complexity index is 557. The average molecular weight is 229 g/mol. The van der Waals surface area contributed by atoms with Gasteiger partial charge < -0.3 is 14.8 Å². The van der Waals surface area contributed by atoms with Crippen molar-refractivity contribution >= 4 is 5.69 Å². The van der Waals surface area contributed by atoms with Gasteiger partial charge in [0.2, 0.25) is 5.88 Å². The molecule has 0 atom stereocenters. The fourth-order valence-corrected chi connectivity index (χ4v) is 1.72. The molecule has 0 unspecified atom stereocenters. The zero-order chi connectivity index (χ0) is 11.7. The first-order valence-corrected chi connectivity index (χ1v) is 5.25. The molecule has 0 saturated carbocycles. The number of fused-ring (bicyclic) bond motifs is 2. The molecule has 0 radical (unpaired) electrons. The summed E-state index contributed by atoms with van der Waals surface area (Å²) in [5.74, 6) is 2.06. The van der Waals surface area contributed by atoms with Gasteiger partial charge in [0.05, 0.1) is 13.3 Å². The summed E-state index contributed by atoms with van der Waals surface area (Å²) in [6, 6.07) is 5.74. The minimum atomic E-state index is 0.534. The first kappa shape index (κ1) is 9.89. The number of nitrogens with zero attached hydrogens (tertiary/aromatic N) is 2. The summed E-state index contributed by atoms with van der Waals surface area (Å²) in [5, 5.41) is 3.23. The van der Waals surface area contributed by atoms with E-state index in [-0.39, 0.29) is 0 Å². The summed E-state index contributed by atoms with van der Waals surface area (Å²) in [7, 11) is 1.63. The van der Waals surface area contributed by atoms with Crippen LogP contribution in [-0.4, -0.2) is 17.1 Å². The predicted molar refractivity (Wildman–Crippen MR) is 62.4 cm³/mol. The van der Waals surface area contributed by atoms with Gasteiger partial charge in [-0.15, -0.1) is 0 Å². The molecule has 2 heterocycles. The molecule has 17 heavy (non-hydrogen) atoms. The number of ether oxygens (including phenoxy) is 2. The number of methoxy groups -OCH3 is 1. The van der Waals surface area contributed by atoms with Crippen LogP contribution in [-0.2, 0) is 6.54 Å². The molecule has 1 aliphatic rings. The summed E-state index contributed by atoms with van der Waals surface area (Å²) in [5.41, 5.74) is 1.85. The second-order valence-corrected chi connectivity index (χ2v) is 3.67. The lowest BCUT2D eigenvalue weighted by molar-refractivity contribution is 0.407. The van der Waals surface area contributed by atoms with Crippen molar-refractivity contribution in [2.45, 2.75) is 6.54 Å². The van der Waals surface area contributed by atoms with Gasteiger partial charge >= 0.3 is 0 Å². The van der Waals surface area contributed by atoms with Gasteiger partial charge in [-0.25, -0.2) is 4.98 Å². The van der Waals surface area contributed by atoms with Gasteiger partial charge in [0.25, 0.3) is 0 Å². The van der Waals surface area contributed by atoms with Crippen molar-refractivity contribution in [3.8, 4) is 17.4 Å². The summed E-state index contributed by atoms with van der Waals surface area (Å²) in [4.78, 5) is 8.05. The quantitative estimate of drug-likeness (QED) is 0.812. The molecule has 0 amide bonds. The minimum Gasteiger partial charge on any atom is -0.497 e. The van der Waals surface area contributed by atoms with Crippen LogP contribution >= 0.6 is 0 Å². The fourth-order valence-electron chi connectivity index (χ4n) is 1.72. The molecule has 86 valence electrons. The van der Waals surface area contributed by atoms with Crippen LogP contribution in [0.3, 0.4) is 0 Å². The van der Waals surface area contributed by atoms with Crippen LogP contribution in [0.15, 0.2) is 30.7 Å². The zero-order valence-corrected chi connectivity index (χ0v) is 9.30. The monoisotopic (exact) mass is 229 g/mol. The van der Waals surface area contributed by atoms with E-state index in [1.807, 2.05) is 18.2 Å². The van der Waals surface area contributed by atoms with Gasteiger partial charge in [-0.1, -0.05) is 0 Å². The van der Waals surface area contributed by atoms with Crippen molar-refractivity contribution in [3.63, 3.8) is 0 Å². The van der Waals surface area contributed by atoms with E-state index in [9.17, 15) is 0 Å². The molecule has 5 heteroatoms. The van der Waals surface area contributed by atoms with E-state index >= 15 is 0 Å². The molecule has 1 aromatic heterocycles. The number of nitrogens with one attached hydrogen (secondary N) is 1. The maximum atomic E-state index is 5.75. The largest absolute Gasteiger partial charge is 0.497 e. The van der Waals surface area contributed by atoms with E-state index in [0.29, 0.717) is 12.4 Å². The smallest absolute Gasteiger partial charge is 0.246 e. The molecular weight excluding hydrogens is 218 g/mol. The molecule has 3 rings (SSSR count). The number of rotatable bonds is 1. The van der Waals surface area contributed by atoms with Gasteiger partial charge in [-0.2, -0.15) is 4.98 Å². The van der Waals surface area contributed by atoms with Crippen LogP contribution < -0.4 is 14.8 Å². The van der Waals surface area contributed by atoms with Crippen LogP contribution in [0.4, 0.5) is 5.69 Å². The third-order valence-electron chi connectivity index (χ3n) is 2.63. The van der Waals surface area contributed by atoms with Crippen molar-refractivity contribution in [3.05, 3.63) is 36.3 Å². The van der Waals surface area contributed by atoms with E-state index in [1.165, 1.54) is 6.33 Å². The predicted octanol–water partition coefficient (Wildman–Crippen LogP) is 2.20. The second-order valence-electron chi connectivity index (χ2n) is 3.67. The molecule has 0 bridgehead atoms. The van der Waals surface area contributed by atoms with Crippen LogP contribution in [0.1, 0.15) is 5.56 Å². The standard InChI is InChI=1S/C12H11N3O2/c1-16-9-3-2-8-5-14-10-6-13-7-15-12(10)17-11(8)4-9/h2-4,6-7,14H,5H2,1H3. The fraction of sp³-hybridized carbons (Fsp3) is 0.167. The lowest BCUT2D eigenvalue weighted by atomic mass is 10.2. The summed E-state index contributed by atoms with van der Waals surface area (Å²) >= 11 is 0. The third kappa shape index (κ3) is 1.75. The molecule has 0 saturated heterocycles. The van der Waals surface area contributed by atoms with E-state index in [2.05, 4.69) is 15.3 Å². The first-order valence-electron chi connectivity index (χ1n) is 5.25. The lowest BCUT2D eigenvalue weighted by Gasteiger charge is -2.07. The Hall–Kier alpha value is -2.30. The van der Waals surface area contributed by atoms with Crippen molar-refractivity contribution in [1.82, 2.24) is 9.97 Å².